The average molecular weight is 331 g/mol. The summed E-state index contributed by atoms with van der Waals surface area (Å²) >= 11 is 0. The Bertz CT molecular complexity index is 534. The lowest BCUT2D eigenvalue weighted by atomic mass is 9.88. The first kappa shape index (κ1) is 17.2. The van der Waals surface area contributed by atoms with Crippen LogP contribution in [0.15, 0.2) is 24.3 Å². The van der Waals surface area contributed by atoms with Crippen molar-refractivity contribution in [2.75, 3.05) is 45.9 Å². The van der Waals surface area contributed by atoms with Crippen LogP contribution in [0.4, 0.5) is 0 Å². The van der Waals surface area contributed by atoms with Gasteiger partial charge in [0.1, 0.15) is 5.75 Å². The third kappa shape index (κ3) is 4.08. The van der Waals surface area contributed by atoms with Gasteiger partial charge in [0, 0.05) is 38.6 Å². The van der Waals surface area contributed by atoms with E-state index in [1.165, 1.54) is 5.56 Å². The maximum absolute atomic E-state index is 12.6. The molecule has 1 aromatic rings. The van der Waals surface area contributed by atoms with Crippen LogP contribution in [-0.4, -0.2) is 61.6 Å². The van der Waals surface area contributed by atoms with E-state index >= 15 is 0 Å². The van der Waals surface area contributed by atoms with Gasteiger partial charge in [-0.15, -0.1) is 0 Å². The van der Waals surface area contributed by atoms with Gasteiger partial charge in [0.25, 0.3) is 0 Å². The van der Waals surface area contributed by atoms with Crippen molar-refractivity contribution in [1.82, 2.24) is 15.1 Å². The van der Waals surface area contributed by atoms with Gasteiger partial charge in [0.15, 0.2) is 0 Å². The Labute approximate surface area is 145 Å². The maximum Gasteiger partial charge on any atom is 0.225 e. The first-order valence-electron chi connectivity index (χ1n) is 9.11. The van der Waals surface area contributed by atoms with Gasteiger partial charge in [-0.05, 0) is 43.6 Å². The molecule has 0 bridgehead atoms. The fraction of sp³-hybridized carbons (Fsp3) is 0.632. The number of hydrogen-bond donors (Lipinski definition) is 1. The summed E-state index contributed by atoms with van der Waals surface area (Å²) in [5, 5.41) is 3.26. The Balaban J connectivity index is 1.45. The minimum absolute atomic E-state index is 0.156. The summed E-state index contributed by atoms with van der Waals surface area (Å²) in [6.45, 7) is 11.3. The SMILES string of the molecule is CCOc1ccc(CN2CCN(C(=O)C(C)C3CNC3)CC2)cc1. The van der Waals surface area contributed by atoms with Crippen molar-refractivity contribution in [2.45, 2.75) is 20.4 Å². The Hall–Kier alpha value is -1.59. The molecule has 0 aromatic heterocycles. The number of ether oxygens (including phenoxy) is 1. The van der Waals surface area contributed by atoms with E-state index in [1.54, 1.807) is 0 Å². The van der Waals surface area contributed by atoms with E-state index in [1.807, 2.05) is 19.1 Å². The summed E-state index contributed by atoms with van der Waals surface area (Å²) in [5.41, 5.74) is 1.30. The molecule has 1 atom stereocenters. The number of benzene rings is 1. The Morgan fingerprint density at radius 3 is 2.42 bits per heavy atom. The van der Waals surface area contributed by atoms with Crippen LogP contribution in [0.1, 0.15) is 19.4 Å². The molecule has 0 radical (unpaired) electrons. The van der Waals surface area contributed by atoms with Crippen molar-refractivity contribution in [1.29, 1.82) is 0 Å². The number of carbonyl (C=O) groups excluding carboxylic acids is 1. The fourth-order valence-corrected chi connectivity index (χ4v) is 3.40. The van der Waals surface area contributed by atoms with Crippen molar-refractivity contribution >= 4 is 5.91 Å². The molecule has 2 aliphatic rings. The molecule has 1 aromatic carbocycles. The zero-order valence-electron chi connectivity index (χ0n) is 14.8. The van der Waals surface area contributed by atoms with Crippen molar-refractivity contribution in [2.24, 2.45) is 11.8 Å². The first-order chi connectivity index (χ1) is 11.7. The van der Waals surface area contributed by atoms with Gasteiger partial charge in [-0.2, -0.15) is 0 Å². The quantitative estimate of drug-likeness (QED) is 0.860. The van der Waals surface area contributed by atoms with Crippen LogP contribution in [0.3, 0.4) is 0 Å². The van der Waals surface area contributed by atoms with E-state index in [-0.39, 0.29) is 5.92 Å². The first-order valence-corrected chi connectivity index (χ1v) is 9.11. The van der Waals surface area contributed by atoms with Crippen LogP contribution in [0.2, 0.25) is 0 Å². The van der Waals surface area contributed by atoms with E-state index in [2.05, 4.69) is 34.2 Å². The number of amides is 1. The summed E-state index contributed by atoms with van der Waals surface area (Å²) in [6, 6.07) is 8.34. The highest BCUT2D eigenvalue weighted by molar-refractivity contribution is 5.79. The summed E-state index contributed by atoms with van der Waals surface area (Å²) in [6.07, 6.45) is 0. The van der Waals surface area contributed by atoms with Crippen LogP contribution < -0.4 is 10.1 Å². The molecule has 0 aliphatic carbocycles. The number of hydrogen-bond acceptors (Lipinski definition) is 4. The minimum atomic E-state index is 0.156. The van der Waals surface area contributed by atoms with E-state index in [4.69, 9.17) is 4.74 Å². The van der Waals surface area contributed by atoms with Gasteiger partial charge in [-0.3, -0.25) is 9.69 Å². The van der Waals surface area contributed by atoms with Gasteiger partial charge < -0.3 is 15.0 Å². The smallest absolute Gasteiger partial charge is 0.225 e. The lowest BCUT2D eigenvalue weighted by Crippen LogP contribution is -2.54. The highest BCUT2D eigenvalue weighted by Crippen LogP contribution is 2.20. The molecule has 2 aliphatic heterocycles. The third-order valence-electron chi connectivity index (χ3n) is 5.23. The zero-order chi connectivity index (χ0) is 16.9. The van der Waals surface area contributed by atoms with Gasteiger partial charge in [-0.25, -0.2) is 0 Å². The summed E-state index contributed by atoms with van der Waals surface area (Å²) in [5.74, 6) is 1.95. The number of nitrogens with zero attached hydrogens (tertiary/aromatic N) is 2. The average Bonchev–Trinajstić information content (AvgIpc) is 2.55. The molecule has 132 valence electrons. The van der Waals surface area contributed by atoms with Crippen LogP contribution in [0.25, 0.3) is 0 Å². The Morgan fingerprint density at radius 2 is 1.88 bits per heavy atom. The zero-order valence-corrected chi connectivity index (χ0v) is 14.8. The van der Waals surface area contributed by atoms with Crippen LogP contribution in [0.5, 0.6) is 5.75 Å². The van der Waals surface area contributed by atoms with Crippen LogP contribution in [-0.2, 0) is 11.3 Å². The van der Waals surface area contributed by atoms with Gasteiger partial charge in [0.2, 0.25) is 5.91 Å². The van der Waals surface area contributed by atoms with Crippen LogP contribution in [0, 0.1) is 11.8 Å². The van der Waals surface area contributed by atoms with Crippen LogP contribution >= 0.6 is 0 Å². The predicted octanol–water partition coefficient (Wildman–Crippen LogP) is 1.59. The van der Waals surface area contributed by atoms with Crippen molar-refractivity contribution in [3.8, 4) is 5.75 Å². The molecular formula is C19H29N3O2. The number of piperazine rings is 1. The Kier molecular flexibility index (Phi) is 5.74. The van der Waals surface area contributed by atoms with Gasteiger partial charge in [0.05, 0.1) is 6.61 Å². The lowest BCUT2D eigenvalue weighted by Gasteiger charge is -2.39. The van der Waals surface area contributed by atoms with Gasteiger partial charge in [-0.1, -0.05) is 19.1 Å². The highest BCUT2D eigenvalue weighted by atomic mass is 16.5. The van der Waals surface area contributed by atoms with E-state index < -0.39 is 0 Å². The van der Waals surface area contributed by atoms with E-state index in [0.717, 1.165) is 51.6 Å². The molecule has 0 saturated carbocycles. The summed E-state index contributed by atoms with van der Waals surface area (Å²) < 4.78 is 5.48. The van der Waals surface area contributed by atoms with E-state index in [9.17, 15) is 4.79 Å². The molecule has 3 rings (SSSR count). The maximum atomic E-state index is 12.6. The largest absolute Gasteiger partial charge is 0.494 e. The van der Waals surface area contributed by atoms with Gasteiger partial charge >= 0.3 is 0 Å². The second kappa shape index (κ2) is 7.99. The number of carbonyl (C=O) groups is 1. The highest BCUT2D eigenvalue weighted by Gasteiger charge is 2.32. The second-order valence-corrected chi connectivity index (χ2v) is 6.89. The fourth-order valence-electron chi connectivity index (χ4n) is 3.40. The molecule has 2 fully saturated rings. The molecule has 5 nitrogen and oxygen atoms in total. The molecule has 24 heavy (non-hydrogen) atoms. The van der Waals surface area contributed by atoms with Crippen molar-refractivity contribution < 1.29 is 9.53 Å². The molecular weight excluding hydrogens is 302 g/mol. The van der Waals surface area contributed by atoms with Crippen molar-refractivity contribution in [3.05, 3.63) is 29.8 Å². The standard InChI is InChI=1S/C19H29N3O2/c1-3-24-18-6-4-16(5-7-18)14-21-8-10-22(11-9-21)19(23)15(2)17-12-20-13-17/h4-7,15,17,20H,3,8-14H2,1-2H3. The number of nitrogens with one attached hydrogen (secondary N) is 1. The molecule has 2 saturated heterocycles. The molecule has 1 amide bonds. The molecule has 2 heterocycles. The normalized spacial score (nSPS) is 20.5. The minimum Gasteiger partial charge on any atom is -0.494 e. The third-order valence-corrected chi connectivity index (χ3v) is 5.23. The Morgan fingerprint density at radius 1 is 1.21 bits per heavy atom. The second-order valence-electron chi connectivity index (χ2n) is 6.89. The molecule has 1 N–H and O–H groups in total. The molecule has 5 heteroatoms. The predicted molar refractivity (Wildman–Crippen MR) is 95.0 cm³/mol. The topological polar surface area (TPSA) is 44.8 Å². The monoisotopic (exact) mass is 331 g/mol. The molecule has 1 unspecified atom stereocenters. The summed E-state index contributed by atoms with van der Waals surface area (Å²) in [7, 11) is 0. The number of rotatable bonds is 6. The van der Waals surface area contributed by atoms with E-state index in [0.29, 0.717) is 18.4 Å². The lowest BCUT2D eigenvalue weighted by molar-refractivity contribution is -0.139. The molecule has 0 spiro atoms. The van der Waals surface area contributed by atoms with Crippen molar-refractivity contribution in [3.63, 3.8) is 0 Å². The summed E-state index contributed by atoms with van der Waals surface area (Å²) in [4.78, 5) is 17.0.